The lowest BCUT2D eigenvalue weighted by Crippen LogP contribution is -2.21. The number of likely N-dealkylation sites (N-methyl/N-ethyl adjacent to an activating group) is 1. The normalized spacial score (nSPS) is 10.9. The first-order valence-electron chi connectivity index (χ1n) is 8.42. The Labute approximate surface area is 168 Å². The molecule has 0 aliphatic rings. The van der Waals surface area contributed by atoms with Gasteiger partial charge in [0.15, 0.2) is 0 Å². The van der Waals surface area contributed by atoms with E-state index in [0.29, 0.717) is 27.5 Å². The maximum absolute atomic E-state index is 6.27. The minimum atomic E-state index is 0.517. The molecule has 0 fully saturated rings. The van der Waals surface area contributed by atoms with Gasteiger partial charge in [0.05, 0.1) is 21.4 Å². The highest BCUT2D eigenvalue weighted by atomic mass is 35.5. The van der Waals surface area contributed by atoms with Crippen molar-refractivity contribution in [3.63, 3.8) is 0 Å². The van der Waals surface area contributed by atoms with Crippen LogP contribution in [-0.2, 0) is 0 Å². The van der Waals surface area contributed by atoms with E-state index in [0.717, 1.165) is 24.3 Å². The van der Waals surface area contributed by atoms with Crippen molar-refractivity contribution in [2.24, 2.45) is 0 Å². The molecule has 3 aromatic rings. The number of pyridine rings is 1. The van der Waals surface area contributed by atoms with Crippen LogP contribution in [0, 0.1) is 0 Å². The van der Waals surface area contributed by atoms with Gasteiger partial charge in [-0.2, -0.15) is 4.98 Å². The highest BCUT2D eigenvalue weighted by Crippen LogP contribution is 2.33. The molecule has 6 nitrogen and oxygen atoms in total. The summed E-state index contributed by atoms with van der Waals surface area (Å²) in [6, 6.07) is 11.0. The number of anilines is 3. The molecule has 2 N–H and O–H groups in total. The van der Waals surface area contributed by atoms with Crippen LogP contribution in [-0.4, -0.2) is 47.0 Å². The average molecular weight is 403 g/mol. The molecule has 0 saturated carbocycles. The summed E-state index contributed by atoms with van der Waals surface area (Å²) in [4.78, 5) is 15.4. The number of rotatable bonds is 7. The van der Waals surface area contributed by atoms with Gasteiger partial charge in [0.25, 0.3) is 0 Å². The van der Waals surface area contributed by atoms with Crippen LogP contribution in [0.4, 0.5) is 17.5 Å². The van der Waals surface area contributed by atoms with Crippen molar-refractivity contribution in [2.45, 2.75) is 0 Å². The van der Waals surface area contributed by atoms with Crippen molar-refractivity contribution in [1.82, 2.24) is 19.9 Å². The van der Waals surface area contributed by atoms with Crippen LogP contribution in [0.25, 0.3) is 11.3 Å². The Balaban J connectivity index is 1.94. The van der Waals surface area contributed by atoms with Crippen molar-refractivity contribution in [3.8, 4) is 11.3 Å². The number of hydrogen-bond acceptors (Lipinski definition) is 6. The third-order valence-corrected chi connectivity index (χ3v) is 4.37. The summed E-state index contributed by atoms with van der Waals surface area (Å²) in [6.07, 6.45) is 3.49. The fourth-order valence-corrected chi connectivity index (χ4v) is 2.88. The number of benzene rings is 1. The number of nitrogens with zero attached hydrogens (tertiary/aromatic N) is 4. The van der Waals surface area contributed by atoms with Crippen molar-refractivity contribution < 1.29 is 0 Å². The van der Waals surface area contributed by atoms with Crippen molar-refractivity contribution >= 4 is 40.7 Å². The molecule has 2 heterocycles. The molecule has 0 aliphatic heterocycles. The van der Waals surface area contributed by atoms with Crippen LogP contribution in [0.2, 0.25) is 10.0 Å². The predicted octanol–water partition coefficient (Wildman–Crippen LogP) is 4.56. The average Bonchev–Trinajstić information content (AvgIpc) is 2.65. The molecule has 8 heteroatoms. The molecular weight excluding hydrogens is 383 g/mol. The van der Waals surface area contributed by atoms with Crippen LogP contribution in [0.15, 0.2) is 48.8 Å². The zero-order valence-corrected chi connectivity index (χ0v) is 16.6. The van der Waals surface area contributed by atoms with E-state index in [1.165, 1.54) is 0 Å². The van der Waals surface area contributed by atoms with Crippen molar-refractivity contribution in [2.75, 3.05) is 37.8 Å². The highest BCUT2D eigenvalue weighted by molar-refractivity contribution is 6.39. The second kappa shape index (κ2) is 8.99. The zero-order valence-electron chi connectivity index (χ0n) is 15.1. The maximum Gasteiger partial charge on any atom is 0.225 e. The number of hydrogen-bond donors (Lipinski definition) is 2. The largest absolute Gasteiger partial charge is 0.353 e. The van der Waals surface area contributed by atoms with Gasteiger partial charge in [-0.3, -0.25) is 4.98 Å². The molecule has 27 heavy (non-hydrogen) atoms. The fourth-order valence-electron chi connectivity index (χ4n) is 2.39. The molecule has 0 radical (unpaired) electrons. The van der Waals surface area contributed by atoms with Gasteiger partial charge in [-0.25, -0.2) is 4.98 Å². The minimum absolute atomic E-state index is 0.517. The second-order valence-electron chi connectivity index (χ2n) is 6.16. The highest BCUT2D eigenvalue weighted by Gasteiger charge is 2.11. The van der Waals surface area contributed by atoms with E-state index >= 15 is 0 Å². The summed E-state index contributed by atoms with van der Waals surface area (Å²) in [6.45, 7) is 1.58. The van der Waals surface area contributed by atoms with E-state index in [9.17, 15) is 0 Å². The number of nitrogens with one attached hydrogen (secondary N) is 2. The molecule has 140 valence electrons. The SMILES string of the molecule is CN(C)CCNc1nc(Nc2c(Cl)cccc2Cl)cc(-c2cccnc2)n1. The summed E-state index contributed by atoms with van der Waals surface area (Å²) >= 11 is 12.5. The monoisotopic (exact) mass is 402 g/mol. The lowest BCUT2D eigenvalue weighted by Gasteiger charge is -2.14. The predicted molar refractivity (Wildman–Crippen MR) is 112 cm³/mol. The zero-order chi connectivity index (χ0) is 19.2. The number of aromatic nitrogens is 3. The Morgan fingerprint density at radius 1 is 1.04 bits per heavy atom. The molecule has 0 amide bonds. The van der Waals surface area contributed by atoms with Gasteiger partial charge in [0, 0.05) is 37.1 Å². The van der Waals surface area contributed by atoms with Gasteiger partial charge in [-0.05, 0) is 38.4 Å². The number of para-hydroxylation sites is 1. The third-order valence-electron chi connectivity index (χ3n) is 3.74. The summed E-state index contributed by atoms with van der Waals surface area (Å²) < 4.78 is 0. The van der Waals surface area contributed by atoms with Gasteiger partial charge in [-0.15, -0.1) is 0 Å². The van der Waals surface area contributed by atoms with E-state index in [2.05, 4.69) is 30.5 Å². The lowest BCUT2D eigenvalue weighted by molar-refractivity contribution is 0.425. The minimum Gasteiger partial charge on any atom is -0.353 e. The molecule has 0 spiro atoms. The molecule has 3 rings (SSSR count). The lowest BCUT2D eigenvalue weighted by atomic mass is 10.2. The van der Waals surface area contributed by atoms with Crippen molar-refractivity contribution in [1.29, 1.82) is 0 Å². The smallest absolute Gasteiger partial charge is 0.225 e. The van der Waals surface area contributed by atoms with Gasteiger partial charge in [0.2, 0.25) is 5.95 Å². The topological polar surface area (TPSA) is 66.0 Å². The van der Waals surface area contributed by atoms with E-state index in [-0.39, 0.29) is 0 Å². The molecule has 0 saturated heterocycles. The fraction of sp³-hybridized carbons (Fsp3) is 0.211. The maximum atomic E-state index is 6.27. The summed E-state index contributed by atoms with van der Waals surface area (Å²) in [5, 5.41) is 7.49. The van der Waals surface area contributed by atoms with Crippen LogP contribution in [0.5, 0.6) is 0 Å². The van der Waals surface area contributed by atoms with Gasteiger partial charge >= 0.3 is 0 Å². The first-order chi connectivity index (χ1) is 13.0. The molecule has 0 unspecified atom stereocenters. The number of halogens is 2. The summed E-state index contributed by atoms with van der Waals surface area (Å²) in [5.41, 5.74) is 2.25. The molecule has 2 aromatic heterocycles. The van der Waals surface area contributed by atoms with Crippen LogP contribution < -0.4 is 10.6 Å². The molecule has 0 aliphatic carbocycles. The van der Waals surface area contributed by atoms with Gasteiger partial charge in [0.1, 0.15) is 5.82 Å². The van der Waals surface area contributed by atoms with Crippen LogP contribution in [0.3, 0.4) is 0 Å². The van der Waals surface area contributed by atoms with Gasteiger partial charge in [-0.1, -0.05) is 29.3 Å². The molecular formula is C19H20Cl2N6. The summed E-state index contributed by atoms with van der Waals surface area (Å²) in [5.74, 6) is 1.11. The Morgan fingerprint density at radius 3 is 2.48 bits per heavy atom. The Hall–Kier alpha value is -2.41. The van der Waals surface area contributed by atoms with E-state index < -0.39 is 0 Å². The second-order valence-corrected chi connectivity index (χ2v) is 6.97. The molecule has 1 aromatic carbocycles. The molecule has 0 bridgehead atoms. The standard InChI is InChI=1S/C19H20Cl2N6/c1-27(2)10-9-23-19-24-16(13-5-4-8-22-12-13)11-17(26-19)25-18-14(20)6-3-7-15(18)21/h3-8,11-12H,9-10H2,1-2H3,(H2,23,24,25,26). The van der Waals surface area contributed by atoms with Crippen LogP contribution >= 0.6 is 23.2 Å². The first kappa shape index (κ1) is 19.4. The molecule has 0 atom stereocenters. The van der Waals surface area contributed by atoms with E-state index in [1.807, 2.05) is 32.3 Å². The Bertz CT molecular complexity index is 882. The first-order valence-corrected chi connectivity index (χ1v) is 9.17. The van der Waals surface area contributed by atoms with Crippen molar-refractivity contribution in [3.05, 3.63) is 58.8 Å². The third kappa shape index (κ3) is 5.29. The van der Waals surface area contributed by atoms with E-state index in [4.69, 9.17) is 23.2 Å². The quantitative estimate of drug-likeness (QED) is 0.603. The van der Waals surface area contributed by atoms with Gasteiger partial charge < -0.3 is 15.5 Å². The van der Waals surface area contributed by atoms with E-state index in [1.54, 1.807) is 30.6 Å². The summed E-state index contributed by atoms with van der Waals surface area (Å²) in [7, 11) is 4.03. The van der Waals surface area contributed by atoms with Crippen LogP contribution in [0.1, 0.15) is 0 Å². The Morgan fingerprint density at radius 2 is 1.81 bits per heavy atom. The Kier molecular flexibility index (Phi) is 6.45.